The van der Waals surface area contributed by atoms with Gasteiger partial charge in [0.15, 0.2) is 0 Å². The summed E-state index contributed by atoms with van der Waals surface area (Å²) in [7, 11) is -5.39. The van der Waals surface area contributed by atoms with Crippen LogP contribution < -0.4 is 19.8 Å². The summed E-state index contributed by atoms with van der Waals surface area (Å²) in [5.41, 5.74) is 0. The Balaban J connectivity index is -0.0000000910. The molecule has 0 unspecified atom stereocenters. The molecule has 0 N–H and O–H groups in total. The van der Waals surface area contributed by atoms with Gasteiger partial charge in [-0.05, 0) is 6.92 Å². The van der Waals surface area contributed by atoms with Gasteiger partial charge in [0, 0.05) is 22.7 Å². The fraction of sp³-hybridized carbons (Fsp3) is 0.500. The van der Waals surface area contributed by atoms with Crippen LogP contribution in [0.1, 0.15) is 6.92 Å². The van der Waals surface area contributed by atoms with Crippen molar-refractivity contribution in [3.63, 3.8) is 0 Å². The van der Waals surface area contributed by atoms with Crippen LogP contribution in [0.4, 0.5) is 0 Å². The minimum absolute atomic E-state index is 0. The van der Waals surface area contributed by atoms with Crippen LogP contribution in [0.3, 0.4) is 0 Å². The van der Waals surface area contributed by atoms with Crippen LogP contribution in [0.2, 0.25) is 0 Å². The zero-order chi connectivity index (χ0) is 8.08. The van der Waals surface area contributed by atoms with Crippen LogP contribution in [-0.4, -0.2) is 5.97 Å². The summed E-state index contributed by atoms with van der Waals surface area (Å²) in [6, 6.07) is 0. The molecule has 0 spiro atoms. The van der Waals surface area contributed by atoms with Gasteiger partial charge >= 0.3 is 0 Å². The molecule has 6 nitrogen and oxygen atoms in total. The molecule has 0 fully saturated rings. The third-order valence-corrected chi connectivity index (χ3v) is 0. The quantitative estimate of drug-likeness (QED) is 0.376. The molecule has 0 heterocycles. The average molecular weight is 213 g/mol. The summed E-state index contributed by atoms with van der Waals surface area (Å²) in [5, 5.41) is 8.89. The molecule has 0 aliphatic carbocycles. The van der Waals surface area contributed by atoms with E-state index in [-0.39, 0.29) is 16.8 Å². The number of rotatable bonds is 0. The van der Waals surface area contributed by atoms with Gasteiger partial charge in [0.05, 0.1) is 0 Å². The molecule has 0 atom stereocenters. The molecule has 8 heteroatoms. The minimum atomic E-state index is -5.39. The largest absolute Gasteiger partial charge is 0.822 e. The van der Waals surface area contributed by atoms with Gasteiger partial charge in [-0.3, -0.25) is 0 Å². The van der Waals surface area contributed by atoms with Crippen molar-refractivity contribution in [1.82, 2.24) is 0 Å². The first kappa shape index (κ1) is 16.6. The summed E-state index contributed by atoms with van der Waals surface area (Å²) in [4.78, 5) is 34.5. The summed E-state index contributed by atoms with van der Waals surface area (Å²) < 4.78 is 8.55. The minimum Gasteiger partial charge on any atom is -0.822 e. The van der Waals surface area contributed by atoms with Crippen molar-refractivity contribution in [1.29, 1.82) is 0 Å². The van der Waals surface area contributed by atoms with Gasteiger partial charge < -0.3 is 29.1 Å². The number of phosphoric acid groups is 1. The van der Waals surface area contributed by atoms with Gasteiger partial charge in [-0.2, -0.15) is 7.82 Å². The predicted molar refractivity (Wildman–Crippen MR) is 18.3 cm³/mol. The number of carbonyl (C=O) groups excluding carboxylic acids is 1. The number of hydrogen-bond donors (Lipinski definition) is 0. The molecule has 0 saturated carbocycles. The summed E-state index contributed by atoms with van der Waals surface area (Å²) in [5.74, 6) is -1.08. The van der Waals surface area contributed by atoms with Crippen LogP contribution in [0, 0.1) is 0 Å². The molecular formula is C2H3CoO6P-4. The fourth-order valence-electron chi connectivity index (χ4n) is 0. The molecular weight excluding hydrogens is 210 g/mol. The zero-order valence-electron chi connectivity index (χ0n) is 4.73. The van der Waals surface area contributed by atoms with E-state index in [1.807, 2.05) is 0 Å². The first-order valence-corrected chi connectivity index (χ1v) is 3.10. The third kappa shape index (κ3) is 54300. The molecule has 65 valence electrons. The van der Waals surface area contributed by atoms with Gasteiger partial charge in [0.2, 0.25) is 0 Å². The molecule has 0 amide bonds. The maximum atomic E-state index is 8.89. The van der Waals surface area contributed by atoms with Crippen LogP contribution in [0.5, 0.6) is 0 Å². The third-order valence-electron chi connectivity index (χ3n) is 0. The second kappa shape index (κ2) is 7.20. The van der Waals surface area contributed by atoms with Crippen LogP contribution in [0.15, 0.2) is 0 Å². The zero-order valence-corrected chi connectivity index (χ0v) is 6.67. The Hall–Kier alpha value is 0.0865. The van der Waals surface area contributed by atoms with Gasteiger partial charge in [-0.1, -0.05) is 0 Å². The van der Waals surface area contributed by atoms with Crippen molar-refractivity contribution >= 4 is 13.8 Å². The van der Waals surface area contributed by atoms with Crippen molar-refractivity contribution in [2.24, 2.45) is 0 Å². The topological polar surface area (TPSA) is 126 Å². The SMILES string of the molecule is CC(=O)[O-].O=P([O-])([O-])[O-].[Co]. The molecule has 0 saturated heterocycles. The number of carboxylic acids is 1. The van der Waals surface area contributed by atoms with Crippen LogP contribution >= 0.6 is 7.82 Å². The number of aliphatic carboxylic acids is 1. The standard InChI is InChI=1S/C2H4O2.Co.H3O4P/c1-2(3)4;;1-5(2,3)4/h1H3,(H,3,4);;(H3,1,2,3,4)/p-4. The molecule has 0 aliphatic rings. The molecule has 0 aromatic rings. The maximum Gasteiger partial charge on any atom is 0.0383 e. The monoisotopic (exact) mass is 213 g/mol. The van der Waals surface area contributed by atoms with E-state index < -0.39 is 13.8 Å². The van der Waals surface area contributed by atoms with E-state index in [9.17, 15) is 0 Å². The number of carboxylic acid groups (broad SMARTS) is 1. The maximum absolute atomic E-state index is 8.89. The van der Waals surface area contributed by atoms with E-state index in [0.29, 0.717) is 0 Å². The predicted octanol–water partition coefficient (Wildman–Crippen LogP) is -4.07. The van der Waals surface area contributed by atoms with Crippen molar-refractivity contribution in [3.8, 4) is 0 Å². The summed E-state index contributed by atoms with van der Waals surface area (Å²) >= 11 is 0. The molecule has 0 rings (SSSR count). The molecule has 10 heavy (non-hydrogen) atoms. The van der Waals surface area contributed by atoms with Crippen molar-refractivity contribution in [2.75, 3.05) is 0 Å². The van der Waals surface area contributed by atoms with E-state index in [1.54, 1.807) is 0 Å². The molecule has 0 aromatic carbocycles. The number of hydrogen-bond acceptors (Lipinski definition) is 6. The van der Waals surface area contributed by atoms with Gasteiger partial charge in [-0.25, -0.2) is 0 Å². The second-order valence-electron chi connectivity index (χ2n) is 0.939. The van der Waals surface area contributed by atoms with Gasteiger partial charge in [0.1, 0.15) is 0 Å². The van der Waals surface area contributed by atoms with E-state index in [1.165, 1.54) is 0 Å². The van der Waals surface area contributed by atoms with E-state index in [2.05, 4.69) is 0 Å². The van der Waals surface area contributed by atoms with Crippen LogP contribution in [0.25, 0.3) is 0 Å². The summed E-state index contributed by atoms with van der Waals surface area (Å²) in [6.07, 6.45) is 0. The van der Waals surface area contributed by atoms with Gasteiger partial charge in [0.25, 0.3) is 0 Å². The van der Waals surface area contributed by atoms with Crippen molar-refractivity contribution < 1.29 is 45.9 Å². The smallest absolute Gasteiger partial charge is 0.0383 e. The first-order valence-electron chi connectivity index (χ1n) is 1.64. The van der Waals surface area contributed by atoms with E-state index in [0.717, 1.165) is 6.92 Å². The number of carbonyl (C=O) groups is 1. The Bertz CT molecular complexity index is 115. The van der Waals surface area contributed by atoms with E-state index in [4.69, 9.17) is 29.1 Å². The Morgan fingerprint density at radius 1 is 1.30 bits per heavy atom. The molecule has 0 bridgehead atoms. The first-order chi connectivity index (χ1) is 3.73. The molecule has 0 aromatic heterocycles. The van der Waals surface area contributed by atoms with Crippen LogP contribution in [-0.2, 0) is 26.1 Å². The van der Waals surface area contributed by atoms with Crippen molar-refractivity contribution in [3.05, 3.63) is 0 Å². The Kier molecular flexibility index (Phi) is 11.9. The Morgan fingerprint density at radius 3 is 1.30 bits per heavy atom. The Morgan fingerprint density at radius 2 is 1.30 bits per heavy atom. The molecule has 0 aliphatic heterocycles. The Labute approximate surface area is 67.3 Å². The fourth-order valence-corrected chi connectivity index (χ4v) is 0. The van der Waals surface area contributed by atoms with Gasteiger partial charge in [-0.15, -0.1) is 0 Å². The average Bonchev–Trinajstić information content (AvgIpc) is 1.19. The normalized spacial score (nSPS) is 8.40. The van der Waals surface area contributed by atoms with Crippen molar-refractivity contribution in [2.45, 2.75) is 6.92 Å². The summed E-state index contributed by atoms with van der Waals surface area (Å²) in [6.45, 7) is 0.972. The molecule has 1 radical (unpaired) electrons. The van der Waals surface area contributed by atoms with E-state index >= 15 is 0 Å². The second-order valence-corrected chi connectivity index (χ2v) is 1.83.